The van der Waals surface area contributed by atoms with Crippen LogP contribution in [0.2, 0.25) is 18.1 Å². The van der Waals surface area contributed by atoms with Crippen molar-refractivity contribution in [2.75, 3.05) is 6.61 Å². The Morgan fingerprint density at radius 2 is 0.709 bits per heavy atom. The van der Waals surface area contributed by atoms with Gasteiger partial charge in [-0.15, -0.1) is 0 Å². The van der Waals surface area contributed by atoms with E-state index in [-0.39, 0.29) is 51.3 Å². The zero-order valence-electron chi connectivity index (χ0n) is 50.2. The highest BCUT2D eigenvalue weighted by molar-refractivity contribution is 6.74. The second-order valence-electron chi connectivity index (χ2n) is 23.8. The van der Waals surface area contributed by atoms with E-state index in [1.807, 2.05) is 219 Å². The molecule has 456 valence electrons. The normalized spacial score (nSPS) is 27.2. The highest BCUT2D eigenvalue weighted by atomic mass is 28.4. The SMILES string of the molecule is C[C@H]1O[C@@H](O[C@H]2[C@H](O[Si](C)(C)C(C)(C)C)OC[C@@H](O[C@@H]3O[C@H](OCc4ccccc4)[C@H](OCc4ccccc4)[C@H](OCc4ccccc4)[C@H]3O)[C@@H]2OCc2ccccc2)[C@H](OCc2ccccc2)[C@@H](OCc2ccccc2)[C@@H]1OCc1ccccc1. The van der Waals surface area contributed by atoms with Crippen LogP contribution in [0.4, 0.5) is 0 Å². The Bertz CT molecular complexity index is 3020. The van der Waals surface area contributed by atoms with Gasteiger partial charge in [-0.3, -0.25) is 0 Å². The summed E-state index contributed by atoms with van der Waals surface area (Å²) in [5.74, 6) is 0. The fourth-order valence-electron chi connectivity index (χ4n) is 10.5. The predicted octanol–water partition coefficient (Wildman–Crippen LogP) is 12.7. The number of aliphatic hydroxyl groups is 1. The first-order valence-corrected chi connectivity index (χ1v) is 32.9. The number of hydrogen-bond acceptors (Lipinski definition) is 14. The smallest absolute Gasteiger partial charge is 0.195 e. The van der Waals surface area contributed by atoms with Gasteiger partial charge in [-0.1, -0.05) is 233 Å². The van der Waals surface area contributed by atoms with Gasteiger partial charge in [-0.05, 0) is 64.0 Å². The van der Waals surface area contributed by atoms with Crippen LogP contribution < -0.4 is 0 Å². The molecule has 0 aliphatic carbocycles. The van der Waals surface area contributed by atoms with Crippen molar-refractivity contribution in [2.24, 2.45) is 0 Å². The van der Waals surface area contributed by atoms with Crippen LogP contribution in [0.15, 0.2) is 212 Å². The summed E-state index contributed by atoms with van der Waals surface area (Å²) >= 11 is 0. The van der Waals surface area contributed by atoms with E-state index in [9.17, 15) is 5.11 Å². The van der Waals surface area contributed by atoms with Crippen LogP contribution in [0.25, 0.3) is 0 Å². The molecule has 14 atom stereocenters. The molecule has 14 nitrogen and oxygen atoms in total. The molecule has 0 unspecified atom stereocenters. The summed E-state index contributed by atoms with van der Waals surface area (Å²) in [7, 11) is -2.66. The standard InChI is InChI=1S/C71H84O14Si/c1-50-60(73-42-51-28-14-7-15-29-51)63(76-45-54-34-20-10-21-35-54)65(78-47-56-38-24-12-25-39-56)70(81-50)83-66-61(74-43-52-30-16-8-17-31-52)58(49-80-69(66)85-86(5,6)71(2,3)4)82-67-59(72)62(75-44-53-32-18-9-19-33-53)64(77-46-55-36-22-11-23-37-55)68(84-67)79-48-57-40-26-13-27-41-57/h7-41,50,58-70,72H,42-49H2,1-6H3/t50-,58-,59-,60-,61+,62-,63+,64-,65-,66-,67-,68+,69+,70+/m1/s1. The van der Waals surface area contributed by atoms with Crippen molar-refractivity contribution < 1.29 is 66.4 Å². The molecule has 10 rings (SSSR count). The van der Waals surface area contributed by atoms with Crippen molar-refractivity contribution in [2.45, 2.75) is 178 Å². The average Bonchev–Trinajstić information content (AvgIpc) is 2.75. The minimum Gasteiger partial charge on any atom is -0.390 e. The van der Waals surface area contributed by atoms with Crippen LogP contribution in [-0.4, -0.2) is 106 Å². The third-order valence-electron chi connectivity index (χ3n) is 16.4. The van der Waals surface area contributed by atoms with Crippen LogP contribution >= 0.6 is 0 Å². The molecule has 3 heterocycles. The van der Waals surface area contributed by atoms with Gasteiger partial charge in [-0.2, -0.15) is 0 Å². The maximum absolute atomic E-state index is 12.8. The Kier molecular flexibility index (Phi) is 22.7. The van der Waals surface area contributed by atoms with Crippen molar-refractivity contribution in [3.05, 3.63) is 251 Å². The maximum Gasteiger partial charge on any atom is 0.195 e. The zero-order chi connectivity index (χ0) is 59.7. The minimum absolute atomic E-state index is 0.0434. The van der Waals surface area contributed by atoms with E-state index in [1.54, 1.807) is 0 Å². The zero-order valence-corrected chi connectivity index (χ0v) is 51.2. The average molecular weight is 1190 g/mol. The molecule has 3 aliphatic rings. The second-order valence-corrected chi connectivity index (χ2v) is 28.5. The van der Waals surface area contributed by atoms with Gasteiger partial charge in [0.25, 0.3) is 0 Å². The molecule has 0 aromatic heterocycles. The number of ether oxygens (including phenoxy) is 12. The Hall–Kier alpha value is -5.80. The molecule has 0 radical (unpaired) electrons. The molecule has 7 aromatic rings. The van der Waals surface area contributed by atoms with Gasteiger partial charge in [0.2, 0.25) is 0 Å². The Labute approximate surface area is 508 Å². The molecule has 3 fully saturated rings. The first-order chi connectivity index (χ1) is 41.8. The Balaban J connectivity index is 1.02. The molecule has 0 saturated carbocycles. The second kappa shape index (κ2) is 30.9. The van der Waals surface area contributed by atoms with E-state index >= 15 is 0 Å². The Morgan fingerprint density at radius 3 is 1.10 bits per heavy atom. The summed E-state index contributed by atoms with van der Waals surface area (Å²) in [5, 5.41) is 12.6. The number of benzene rings is 7. The highest BCUT2D eigenvalue weighted by Crippen LogP contribution is 2.42. The van der Waals surface area contributed by atoms with Crippen LogP contribution in [0.5, 0.6) is 0 Å². The third kappa shape index (κ3) is 17.3. The molecular weight excluding hydrogens is 1100 g/mol. The van der Waals surface area contributed by atoms with Gasteiger partial charge >= 0.3 is 0 Å². The fourth-order valence-corrected chi connectivity index (χ4v) is 11.7. The van der Waals surface area contributed by atoms with Crippen LogP contribution in [0.1, 0.15) is 66.6 Å². The maximum atomic E-state index is 12.8. The first kappa shape index (κ1) is 63.2. The van der Waals surface area contributed by atoms with Gasteiger partial charge in [-0.25, -0.2) is 0 Å². The van der Waals surface area contributed by atoms with E-state index in [0.29, 0.717) is 6.61 Å². The van der Waals surface area contributed by atoms with E-state index in [1.165, 1.54) is 0 Å². The lowest BCUT2D eigenvalue weighted by molar-refractivity contribution is -0.395. The van der Waals surface area contributed by atoms with Gasteiger partial charge in [0.15, 0.2) is 33.5 Å². The van der Waals surface area contributed by atoms with E-state index < -0.39 is 94.5 Å². The summed E-state index contributed by atoms with van der Waals surface area (Å²) in [4.78, 5) is 0. The monoisotopic (exact) mass is 1190 g/mol. The van der Waals surface area contributed by atoms with E-state index in [4.69, 9.17) is 61.3 Å². The largest absolute Gasteiger partial charge is 0.390 e. The van der Waals surface area contributed by atoms with Crippen molar-refractivity contribution >= 4 is 8.32 Å². The van der Waals surface area contributed by atoms with E-state index in [0.717, 1.165) is 38.9 Å². The molecule has 86 heavy (non-hydrogen) atoms. The van der Waals surface area contributed by atoms with Crippen molar-refractivity contribution in [3.8, 4) is 0 Å². The number of aliphatic hydroxyl groups excluding tert-OH is 1. The Morgan fingerprint density at radius 1 is 0.372 bits per heavy atom. The topological polar surface area (TPSA) is 140 Å². The van der Waals surface area contributed by atoms with Gasteiger partial charge < -0.3 is 66.4 Å². The lowest BCUT2D eigenvalue weighted by Crippen LogP contribution is -2.66. The predicted molar refractivity (Wildman–Crippen MR) is 328 cm³/mol. The molecular formula is C71H84O14Si. The number of hydrogen-bond donors (Lipinski definition) is 1. The first-order valence-electron chi connectivity index (χ1n) is 30.0. The summed E-state index contributed by atoms with van der Waals surface area (Å²) in [5.41, 5.74) is 6.58. The number of rotatable bonds is 27. The fraction of sp³-hybridized carbons (Fsp3) is 0.408. The highest BCUT2D eigenvalue weighted by Gasteiger charge is 2.56. The van der Waals surface area contributed by atoms with Gasteiger partial charge in [0.05, 0.1) is 59.0 Å². The summed E-state index contributed by atoms with van der Waals surface area (Å²) < 4.78 is 91.2. The molecule has 0 bridgehead atoms. The van der Waals surface area contributed by atoms with Crippen LogP contribution in [0.3, 0.4) is 0 Å². The van der Waals surface area contributed by atoms with Gasteiger partial charge in [0.1, 0.15) is 54.9 Å². The van der Waals surface area contributed by atoms with Crippen molar-refractivity contribution in [1.29, 1.82) is 0 Å². The quantitative estimate of drug-likeness (QED) is 0.0488. The molecule has 15 heteroatoms. The van der Waals surface area contributed by atoms with E-state index in [2.05, 4.69) is 33.9 Å². The van der Waals surface area contributed by atoms with Gasteiger partial charge in [0, 0.05) is 0 Å². The van der Waals surface area contributed by atoms with Crippen molar-refractivity contribution in [3.63, 3.8) is 0 Å². The lowest BCUT2D eigenvalue weighted by atomic mass is 9.97. The molecule has 3 saturated heterocycles. The van der Waals surface area contributed by atoms with Crippen molar-refractivity contribution in [1.82, 2.24) is 0 Å². The molecule has 7 aromatic carbocycles. The molecule has 0 amide bonds. The third-order valence-corrected chi connectivity index (χ3v) is 20.8. The summed E-state index contributed by atoms with van der Waals surface area (Å²) in [6.45, 7) is 14.3. The summed E-state index contributed by atoms with van der Waals surface area (Å²) in [6, 6.07) is 69.5. The molecule has 3 aliphatic heterocycles. The minimum atomic E-state index is -2.66. The molecule has 0 spiro atoms. The summed E-state index contributed by atoms with van der Waals surface area (Å²) in [6.07, 6.45) is -13.7. The van der Waals surface area contributed by atoms with Crippen LogP contribution in [0, 0.1) is 0 Å². The lowest BCUT2D eigenvalue weighted by Gasteiger charge is -2.51. The van der Waals surface area contributed by atoms with Crippen LogP contribution in [-0.2, 0) is 108 Å². The molecule has 1 N–H and O–H groups in total.